The SMILES string of the molecule is Cc1ncc(Br)cc1NC(=O)Cc1cnc2c(C)cccn12. The molecule has 3 rings (SSSR count). The van der Waals surface area contributed by atoms with Crippen LogP contribution in [-0.4, -0.2) is 20.3 Å². The van der Waals surface area contributed by atoms with Crippen LogP contribution in [-0.2, 0) is 11.2 Å². The van der Waals surface area contributed by atoms with Crippen molar-refractivity contribution in [1.82, 2.24) is 14.4 Å². The number of aryl methyl sites for hydroxylation is 2. The molecule has 0 radical (unpaired) electrons. The van der Waals surface area contributed by atoms with Crippen molar-refractivity contribution < 1.29 is 4.79 Å². The number of rotatable bonds is 3. The maximum Gasteiger partial charge on any atom is 0.230 e. The molecule has 0 fully saturated rings. The molecule has 0 spiro atoms. The molecule has 0 aromatic carbocycles. The van der Waals surface area contributed by atoms with Crippen LogP contribution in [0.3, 0.4) is 0 Å². The first-order valence-electron chi connectivity index (χ1n) is 6.88. The van der Waals surface area contributed by atoms with Gasteiger partial charge in [-0.15, -0.1) is 0 Å². The number of anilines is 1. The normalized spacial score (nSPS) is 10.9. The summed E-state index contributed by atoms with van der Waals surface area (Å²) in [7, 11) is 0. The first-order chi connectivity index (χ1) is 10.5. The third kappa shape index (κ3) is 2.87. The number of carbonyl (C=O) groups excluding carboxylic acids is 1. The first-order valence-corrected chi connectivity index (χ1v) is 7.67. The molecule has 0 saturated heterocycles. The van der Waals surface area contributed by atoms with Crippen molar-refractivity contribution in [1.29, 1.82) is 0 Å². The Labute approximate surface area is 136 Å². The van der Waals surface area contributed by atoms with E-state index >= 15 is 0 Å². The predicted molar refractivity (Wildman–Crippen MR) is 88.9 cm³/mol. The topological polar surface area (TPSA) is 59.3 Å². The fourth-order valence-corrected chi connectivity index (χ4v) is 2.66. The second-order valence-electron chi connectivity index (χ2n) is 5.15. The van der Waals surface area contributed by atoms with Gasteiger partial charge >= 0.3 is 0 Å². The van der Waals surface area contributed by atoms with E-state index in [1.54, 1.807) is 12.4 Å². The van der Waals surface area contributed by atoms with Gasteiger partial charge in [-0.1, -0.05) is 6.07 Å². The summed E-state index contributed by atoms with van der Waals surface area (Å²) < 4.78 is 2.78. The molecular weight excluding hydrogens is 344 g/mol. The summed E-state index contributed by atoms with van der Waals surface area (Å²) in [4.78, 5) is 20.9. The summed E-state index contributed by atoms with van der Waals surface area (Å²) >= 11 is 3.36. The van der Waals surface area contributed by atoms with Crippen LogP contribution in [0, 0.1) is 13.8 Å². The number of halogens is 1. The zero-order chi connectivity index (χ0) is 15.7. The molecule has 112 valence electrons. The first kappa shape index (κ1) is 14.7. The molecule has 0 unspecified atom stereocenters. The maximum absolute atomic E-state index is 12.3. The maximum atomic E-state index is 12.3. The van der Waals surface area contributed by atoms with Gasteiger partial charge in [0.15, 0.2) is 0 Å². The molecule has 0 bridgehead atoms. The molecule has 0 atom stereocenters. The second-order valence-corrected chi connectivity index (χ2v) is 6.06. The lowest BCUT2D eigenvalue weighted by atomic mass is 10.2. The van der Waals surface area contributed by atoms with Crippen LogP contribution in [0.15, 0.2) is 41.3 Å². The minimum Gasteiger partial charge on any atom is -0.324 e. The number of hydrogen-bond acceptors (Lipinski definition) is 3. The van der Waals surface area contributed by atoms with Crippen LogP contribution in [0.25, 0.3) is 5.65 Å². The van der Waals surface area contributed by atoms with Crippen LogP contribution >= 0.6 is 15.9 Å². The Balaban J connectivity index is 1.81. The number of nitrogens with one attached hydrogen (secondary N) is 1. The van der Waals surface area contributed by atoms with Gasteiger partial charge < -0.3 is 9.72 Å². The number of nitrogens with zero attached hydrogens (tertiary/aromatic N) is 3. The van der Waals surface area contributed by atoms with E-state index in [1.165, 1.54) is 0 Å². The number of fused-ring (bicyclic) bond motifs is 1. The van der Waals surface area contributed by atoms with Crippen LogP contribution < -0.4 is 5.32 Å². The molecule has 5 nitrogen and oxygen atoms in total. The summed E-state index contributed by atoms with van der Waals surface area (Å²) in [5.74, 6) is -0.0914. The monoisotopic (exact) mass is 358 g/mol. The third-order valence-electron chi connectivity index (χ3n) is 3.48. The van der Waals surface area contributed by atoms with Crippen molar-refractivity contribution in [2.24, 2.45) is 0 Å². The highest BCUT2D eigenvalue weighted by Crippen LogP contribution is 2.19. The molecule has 1 amide bonds. The minimum absolute atomic E-state index is 0.0914. The van der Waals surface area contributed by atoms with Crippen molar-refractivity contribution in [3.05, 3.63) is 58.2 Å². The van der Waals surface area contributed by atoms with Crippen molar-refractivity contribution in [2.45, 2.75) is 20.3 Å². The Hall–Kier alpha value is -2.21. The van der Waals surface area contributed by atoms with Crippen molar-refractivity contribution in [3.63, 3.8) is 0 Å². The Kier molecular flexibility index (Phi) is 3.94. The van der Waals surface area contributed by atoms with Gasteiger partial charge in [0, 0.05) is 23.1 Å². The van der Waals surface area contributed by atoms with Crippen LogP contribution in [0.2, 0.25) is 0 Å². The smallest absolute Gasteiger partial charge is 0.230 e. The summed E-state index contributed by atoms with van der Waals surface area (Å²) in [6.07, 6.45) is 5.63. The van der Waals surface area contributed by atoms with Gasteiger partial charge in [0.1, 0.15) is 5.65 Å². The highest BCUT2D eigenvalue weighted by Gasteiger charge is 2.11. The zero-order valence-corrected chi connectivity index (χ0v) is 13.9. The standard InChI is InChI=1S/C16H15BrN4O/c1-10-4-3-5-21-13(9-19-16(10)21)7-15(22)20-14-6-12(17)8-18-11(14)2/h3-6,8-9H,7H2,1-2H3,(H,20,22). The summed E-state index contributed by atoms with van der Waals surface area (Å²) in [6, 6.07) is 5.80. The highest BCUT2D eigenvalue weighted by atomic mass is 79.9. The molecular formula is C16H15BrN4O. The highest BCUT2D eigenvalue weighted by molar-refractivity contribution is 9.10. The molecule has 0 aliphatic heterocycles. The zero-order valence-electron chi connectivity index (χ0n) is 12.3. The van der Waals surface area contributed by atoms with Gasteiger partial charge in [-0.3, -0.25) is 9.78 Å². The average molecular weight is 359 g/mol. The lowest BCUT2D eigenvalue weighted by Gasteiger charge is -2.08. The lowest BCUT2D eigenvalue weighted by molar-refractivity contribution is -0.115. The van der Waals surface area contributed by atoms with Gasteiger partial charge in [0.2, 0.25) is 5.91 Å². The Morgan fingerprint density at radius 3 is 2.95 bits per heavy atom. The number of pyridine rings is 2. The largest absolute Gasteiger partial charge is 0.324 e. The van der Waals surface area contributed by atoms with Gasteiger partial charge in [0.25, 0.3) is 0 Å². The van der Waals surface area contributed by atoms with E-state index in [1.807, 2.05) is 42.6 Å². The predicted octanol–water partition coefficient (Wildman–Crippen LogP) is 3.29. The number of imidazole rings is 1. The van der Waals surface area contributed by atoms with E-state index in [2.05, 4.69) is 31.2 Å². The van der Waals surface area contributed by atoms with Gasteiger partial charge in [-0.2, -0.15) is 0 Å². The van der Waals surface area contributed by atoms with Crippen LogP contribution in [0.5, 0.6) is 0 Å². The molecule has 0 saturated carbocycles. The van der Waals surface area contributed by atoms with Crippen molar-refractivity contribution in [3.8, 4) is 0 Å². The number of aromatic nitrogens is 3. The summed E-state index contributed by atoms with van der Waals surface area (Å²) in [6.45, 7) is 3.86. The van der Waals surface area contributed by atoms with E-state index in [0.29, 0.717) is 5.69 Å². The van der Waals surface area contributed by atoms with E-state index in [9.17, 15) is 4.79 Å². The summed E-state index contributed by atoms with van der Waals surface area (Å²) in [5, 5.41) is 2.90. The van der Waals surface area contributed by atoms with Crippen LogP contribution in [0.1, 0.15) is 17.0 Å². The van der Waals surface area contributed by atoms with E-state index in [0.717, 1.165) is 27.1 Å². The van der Waals surface area contributed by atoms with Crippen molar-refractivity contribution >= 4 is 33.2 Å². The quantitative estimate of drug-likeness (QED) is 0.781. The Morgan fingerprint density at radius 1 is 1.32 bits per heavy atom. The molecule has 3 heterocycles. The number of carbonyl (C=O) groups is 1. The van der Waals surface area contributed by atoms with Gasteiger partial charge in [0.05, 0.1) is 23.5 Å². The van der Waals surface area contributed by atoms with Crippen LogP contribution in [0.4, 0.5) is 5.69 Å². The average Bonchev–Trinajstić information content (AvgIpc) is 2.87. The molecule has 3 aromatic rings. The minimum atomic E-state index is -0.0914. The molecule has 0 aliphatic carbocycles. The Morgan fingerprint density at radius 2 is 2.14 bits per heavy atom. The molecule has 0 aliphatic rings. The van der Waals surface area contributed by atoms with E-state index < -0.39 is 0 Å². The fourth-order valence-electron chi connectivity index (χ4n) is 2.33. The van der Waals surface area contributed by atoms with Gasteiger partial charge in [-0.05, 0) is 47.5 Å². The molecule has 3 aromatic heterocycles. The van der Waals surface area contributed by atoms with Crippen molar-refractivity contribution in [2.75, 3.05) is 5.32 Å². The third-order valence-corrected chi connectivity index (χ3v) is 3.91. The molecule has 6 heteroatoms. The number of hydrogen-bond donors (Lipinski definition) is 1. The lowest BCUT2D eigenvalue weighted by Crippen LogP contribution is -2.16. The summed E-state index contributed by atoms with van der Waals surface area (Å²) in [5.41, 5.74) is 4.32. The van der Waals surface area contributed by atoms with E-state index in [-0.39, 0.29) is 12.3 Å². The molecule has 22 heavy (non-hydrogen) atoms. The van der Waals surface area contributed by atoms with E-state index in [4.69, 9.17) is 0 Å². The second kappa shape index (κ2) is 5.88. The fraction of sp³-hybridized carbons (Fsp3) is 0.188. The van der Waals surface area contributed by atoms with Gasteiger partial charge in [-0.25, -0.2) is 4.98 Å². The number of amides is 1. The Bertz CT molecular complexity index is 856. The molecule has 1 N–H and O–H groups in total.